The molecule has 0 amide bonds. The Morgan fingerprint density at radius 2 is 1.55 bits per heavy atom. The zero-order chi connectivity index (χ0) is 15.3. The summed E-state index contributed by atoms with van der Waals surface area (Å²) >= 11 is 0. The number of rotatable bonds is 7. The summed E-state index contributed by atoms with van der Waals surface area (Å²) in [5.74, 6) is -0.203. The molecule has 1 aromatic rings. The topological polar surface area (TPSA) is 40.5 Å². The van der Waals surface area contributed by atoms with E-state index in [0.29, 0.717) is 18.5 Å². The molecule has 1 unspecified atom stereocenters. The molecule has 1 rings (SSSR count). The third-order valence-electron chi connectivity index (χ3n) is 3.83. The van der Waals surface area contributed by atoms with E-state index in [-0.39, 0.29) is 12.5 Å². The summed E-state index contributed by atoms with van der Waals surface area (Å²) in [5, 5.41) is 8.87. The van der Waals surface area contributed by atoms with E-state index in [1.54, 1.807) is 0 Å². The predicted octanol–water partition coefficient (Wildman–Crippen LogP) is 4.06. The van der Waals surface area contributed by atoms with Crippen molar-refractivity contribution in [1.82, 2.24) is 4.90 Å². The first-order chi connectivity index (χ1) is 9.32. The summed E-state index contributed by atoms with van der Waals surface area (Å²) < 4.78 is 0. The van der Waals surface area contributed by atoms with Crippen molar-refractivity contribution >= 4 is 5.97 Å². The van der Waals surface area contributed by atoms with Gasteiger partial charge in [-0.15, -0.1) is 0 Å². The van der Waals surface area contributed by atoms with E-state index in [1.807, 2.05) is 0 Å². The maximum absolute atomic E-state index is 10.8. The molecular weight excluding hydrogens is 250 g/mol. The van der Waals surface area contributed by atoms with E-state index < -0.39 is 5.97 Å². The van der Waals surface area contributed by atoms with Gasteiger partial charge < -0.3 is 5.11 Å². The number of carbonyl (C=O) groups is 1. The Morgan fingerprint density at radius 3 is 1.95 bits per heavy atom. The molecule has 1 N–H and O–H groups in total. The van der Waals surface area contributed by atoms with Gasteiger partial charge in [0.15, 0.2) is 0 Å². The van der Waals surface area contributed by atoms with Crippen molar-refractivity contribution in [3.8, 4) is 0 Å². The number of hydrogen-bond acceptors (Lipinski definition) is 2. The lowest BCUT2D eigenvalue weighted by Crippen LogP contribution is -2.35. The van der Waals surface area contributed by atoms with Crippen LogP contribution in [0.25, 0.3) is 0 Å². The lowest BCUT2D eigenvalue weighted by atomic mass is 9.98. The zero-order valence-electron chi connectivity index (χ0n) is 13.3. The van der Waals surface area contributed by atoms with E-state index >= 15 is 0 Å². The van der Waals surface area contributed by atoms with Crippen LogP contribution in [0, 0.1) is 0 Å². The van der Waals surface area contributed by atoms with Crippen molar-refractivity contribution in [2.24, 2.45) is 0 Å². The summed E-state index contributed by atoms with van der Waals surface area (Å²) in [4.78, 5) is 13.0. The molecule has 3 heteroatoms. The van der Waals surface area contributed by atoms with Crippen molar-refractivity contribution in [1.29, 1.82) is 0 Å². The van der Waals surface area contributed by atoms with Gasteiger partial charge in [-0.05, 0) is 37.8 Å². The fourth-order valence-corrected chi connectivity index (χ4v) is 2.47. The van der Waals surface area contributed by atoms with E-state index in [0.717, 1.165) is 0 Å². The molecule has 0 saturated carbocycles. The predicted molar refractivity (Wildman–Crippen MR) is 83.0 cm³/mol. The summed E-state index contributed by atoms with van der Waals surface area (Å²) in [5.41, 5.74) is 2.58. The second kappa shape index (κ2) is 7.44. The highest BCUT2D eigenvalue weighted by Crippen LogP contribution is 2.24. The van der Waals surface area contributed by atoms with Gasteiger partial charge in [0.05, 0.1) is 6.42 Å². The van der Waals surface area contributed by atoms with Gasteiger partial charge in [0, 0.05) is 18.6 Å². The summed E-state index contributed by atoms with van der Waals surface area (Å²) in [6.07, 6.45) is 0.187. The first-order valence-electron chi connectivity index (χ1n) is 7.40. The molecule has 1 aromatic carbocycles. The Hall–Kier alpha value is -1.35. The Kier molecular flexibility index (Phi) is 6.21. The summed E-state index contributed by atoms with van der Waals surface area (Å²) in [6, 6.07) is 9.23. The highest BCUT2D eigenvalue weighted by molar-refractivity contribution is 5.66. The van der Waals surface area contributed by atoms with Gasteiger partial charge in [-0.3, -0.25) is 9.69 Å². The van der Waals surface area contributed by atoms with E-state index in [1.165, 1.54) is 11.1 Å². The molecule has 20 heavy (non-hydrogen) atoms. The molecule has 0 aliphatic carbocycles. The number of nitrogens with zero attached hydrogens (tertiary/aromatic N) is 1. The molecule has 3 nitrogen and oxygen atoms in total. The molecular formula is C17H27NO2. The van der Waals surface area contributed by atoms with Crippen LogP contribution in [0.15, 0.2) is 24.3 Å². The van der Waals surface area contributed by atoms with Crippen LogP contribution < -0.4 is 0 Å². The van der Waals surface area contributed by atoms with Crippen molar-refractivity contribution in [3.05, 3.63) is 35.4 Å². The first-order valence-corrected chi connectivity index (χ1v) is 7.40. The van der Waals surface area contributed by atoms with Gasteiger partial charge in [-0.25, -0.2) is 0 Å². The largest absolute Gasteiger partial charge is 0.481 e. The quantitative estimate of drug-likeness (QED) is 0.817. The highest BCUT2D eigenvalue weighted by atomic mass is 16.4. The van der Waals surface area contributed by atoms with Crippen LogP contribution in [-0.4, -0.2) is 28.6 Å². The lowest BCUT2D eigenvalue weighted by molar-refractivity contribution is -0.137. The van der Waals surface area contributed by atoms with E-state index in [9.17, 15) is 4.79 Å². The number of hydrogen-bond donors (Lipinski definition) is 1. The van der Waals surface area contributed by atoms with E-state index in [2.05, 4.69) is 63.8 Å². The minimum absolute atomic E-state index is 0.187. The zero-order valence-corrected chi connectivity index (χ0v) is 13.3. The maximum Gasteiger partial charge on any atom is 0.304 e. The van der Waals surface area contributed by atoms with Gasteiger partial charge in [0.25, 0.3) is 0 Å². The molecule has 0 aliphatic heterocycles. The minimum Gasteiger partial charge on any atom is -0.481 e. The Balaban J connectivity index is 2.82. The van der Waals surface area contributed by atoms with Gasteiger partial charge in [0.1, 0.15) is 0 Å². The molecule has 0 spiro atoms. The monoisotopic (exact) mass is 277 g/mol. The van der Waals surface area contributed by atoms with Crippen LogP contribution in [0.3, 0.4) is 0 Å². The Labute approximate surface area is 122 Å². The number of benzene rings is 1. The molecule has 0 aromatic heterocycles. The fraction of sp³-hybridized carbons (Fsp3) is 0.588. The lowest BCUT2D eigenvalue weighted by Gasteiger charge is -2.32. The maximum atomic E-state index is 10.8. The number of aliphatic carboxylic acids is 1. The van der Waals surface area contributed by atoms with Crippen molar-refractivity contribution in [2.75, 3.05) is 6.54 Å². The number of carboxylic acids is 1. The summed E-state index contributed by atoms with van der Waals surface area (Å²) in [6.45, 7) is 11.3. The van der Waals surface area contributed by atoms with Crippen LogP contribution in [0.2, 0.25) is 0 Å². The van der Waals surface area contributed by atoms with Crippen molar-refractivity contribution in [2.45, 2.75) is 59.0 Å². The molecule has 0 saturated heterocycles. The van der Waals surface area contributed by atoms with Gasteiger partial charge in [0.2, 0.25) is 0 Å². The normalized spacial score (nSPS) is 13.2. The van der Waals surface area contributed by atoms with Gasteiger partial charge in [-0.1, -0.05) is 38.1 Å². The van der Waals surface area contributed by atoms with Crippen molar-refractivity contribution < 1.29 is 9.90 Å². The van der Waals surface area contributed by atoms with Crippen LogP contribution in [0.1, 0.15) is 64.1 Å². The molecule has 0 bridgehead atoms. The first kappa shape index (κ1) is 16.7. The molecule has 0 aliphatic rings. The summed E-state index contributed by atoms with van der Waals surface area (Å²) in [7, 11) is 0. The van der Waals surface area contributed by atoms with Crippen molar-refractivity contribution in [3.63, 3.8) is 0 Å². The van der Waals surface area contributed by atoms with Gasteiger partial charge in [-0.2, -0.15) is 0 Å². The van der Waals surface area contributed by atoms with Crippen LogP contribution in [0.5, 0.6) is 0 Å². The van der Waals surface area contributed by atoms with Crippen LogP contribution in [0.4, 0.5) is 0 Å². The third-order valence-corrected chi connectivity index (χ3v) is 3.83. The SMILES string of the molecule is CC(C)c1ccc(C(C)N(CCC(=O)O)C(C)C)cc1. The molecule has 0 heterocycles. The smallest absolute Gasteiger partial charge is 0.304 e. The average Bonchev–Trinajstić information content (AvgIpc) is 2.38. The van der Waals surface area contributed by atoms with Gasteiger partial charge >= 0.3 is 5.97 Å². The second-order valence-electron chi connectivity index (χ2n) is 5.97. The Morgan fingerprint density at radius 1 is 1.05 bits per heavy atom. The highest BCUT2D eigenvalue weighted by Gasteiger charge is 2.19. The molecule has 112 valence electrons. The second-order valence-corrected chi connectivity index (χ2v) is 5.97. The Bertz CT molecular complexity index is 423. The van der Waals surface area contributed by atoms with Crippen LogP contribution in [-0.2, 0) is 4.79 Å². The van der Waals surface area contributed by atoms with E-state index in [4.69, 9.17) is 5.11 Å². The van der Waals surface area contributed by atoms with Crippen LogP contribution >= 0.6 is 0 Å². The number of carboxylic acid groups (broad SMARTS) is 1. The molecule has 0 fully saturated rings. The molecule has 0 radical (unpaired) electrons. The average molecular weight is 277 g/mol. The molecule has 1 atom stereocenters. The standard InChI is InChI=1S/C17H27NO2/c1-12(2)15-6-8-16(9-7-15)14(5)18(13(3)4)11-10-17(19)20/h6-9,12-14H,10-11H2,1-5H3,(H,19,20). The fourth-order valence-electron chi connectivity index (χ4n) is 2.47. The third kappa shape index (κ3) is 4.64. The minimum atomic E-state index is -0.738.